The third kappa shape index (κ3) is 5.59. The Bertz CT molecular complexity index is 561. The Balaban J connectivity index is 0.00000242. The van der Waals surface area contributed by atoms with Gasteiger partial charge in [0.2, 0.25) is 0 Å². The van der Waals surface area contributed by atoms with E-state index in [0.717, 1.165) is 30.2 Å². The Labute approximate surface area is 148 Å². The molecule has 1 heterocycles. The highest BCUT2D eigenvalue weighted by Crippen LogP contribution is 2.16. The van der Waals surface area contributed by atoms with Crippen molar-refractivity contribution in [3.8, 4) is 11.1 Å². The molecule has 0 fully saturated rings. The van der Waals surface area contributed by atoms with Gasteiger partial charge in [0.05, 0.1) is 0 Å². The summed E-state index contributed by atoms with van der Waals surface area (Å²) in [6.07, 6.45) is 3.68. The number of rotatable bonds is 5. The molecule has 22 heavy (non-hydrogen) atoms. The summed E-state index contributed by atoms with van der Waals surface area (Å²) >= 11 is 0. The zero-order valence-electron chi connectivity index (χ0n) is 12.9. The highest BCUT2D eigenvalue weighted by atomic mass is 127. The van der Waals surface area contributed by atoms with Crippen LogP contribution in [0.5, 0.6) is 0 Å². The van der Waals surface area contributed by atoms with E-state index >= 15 is 0 Å². The first kappa shape index (κ1) is 18.3. The van der Waals surface area contributed by atoms with E-state index < -0.39 is 0 Å². The smallest absolute Gasteiger partial charge is 0.191 e. The molecule has 2 N–H and O–H groups in total. The van der Waals surface area contributed by atoms with E-state index in [9.17, 15) is 0 Å². The van der Waals surface area contributed by atoms with Crippen LogP contribution in [-0.2, 0) is 6.54 Å². The summed E-state index contributed by atoms with van der Waals surface area (Å²) in [4.78, 5) is 13.2. The van der Waals surface area contributed by atoms with Crippen molar-refractivity contribution in [2.24, 2.45) is 4.99 Å². The van der Waals surface area contributed by atoms with Gasteiger partial charge in [0.1, 0.15) is 12.4 Å². The predicted octanol–water partition coefficient (Wildman–Crippen LogP) is 2.84. The zero-order chi connectivity index (χ0) is 14.9. The number of aromatic nitrogens is 2. The molecule has 2 aromatic rings. The summed E-state index contributed by atoms with van der Waals surface area (Å²) in [7, 11) is 0. The summed E-state index contributed by atoms with van der Waals surface area (Å²) in [6.45, 7) is 6.21. The fourth-order valence-electron chi connectivity index (χ4n) is 1.88. The van der Waals surface area contributed by atoms with E-state index in [2.05, 4.69) is 25.6 Å². The quantitative estimate of drug-likeness (QED) is 0.451. The number of nitrogens with zero attached hydrogens (tertiary/aromatic N) is 3. The van der Waals surface area contributed by atoms with Crippen LogP contribution >= 0.6 is 24.0 Å². The largest absolute Gasteiger partial charge is 0.357 e. The Morgan fingerprint density at radius 2 is 1.55 bits per heavy atom. The van der Waals surface area contributed by atoms with Gasteiger partial charge in [-0.2, -0.15) is 0 Å². The maximum atomic E-state index is 4.45. The molecule has 1 aromatic heterocycles. The van der Waals surface area contributed by atoms with Crippen molar-refractivity contribution in [1.29, 1.82) is 0 Å². The maximum absolute atomic E-state index is 4.45. The van der Waals surface area contributed by atoms with Crippen LogP contribution < -0.4 is 10.6 Å². The van der Waals surface area contributed by atoms with Crippen LogP contribution in [0.15, 0.2) is 47.7 Å². The number of aliphatic imine (C=N–C) groups is 1. The van der Waals surface area contributed by atoms with Crippen molar-refractivity contribution in [2.75, 3.05) is 13.1 Å². The summed E-state index contributed by atoms with van der Waals surface area (Å²) in [5.74, 6) is 1.50. The van der Waals surface area contributed by atoms with Crippen molar-refractivity contribution < 1.29 is 0 Å². The number of benzene rings is 1. The van der Waals surface area contributed by atoms with Gasteiger partial charge in [-0.3, -0.25) is 0 Å². The molecule has 0 saturated heterocycles. The van der Waals surface area contributed by atoms with Gasteiger partial charge in [0, 0.05) is 31.0 Å². The van der Waals surface area contributed by atoms with Gasteiger partial charge in [0.25, 0.3) is 0 Å². The average molecular weight is 411 g/mol. The first-order valence-electron chi connectivity index (χ1n) is 7.22. The molecule has 0 aliphatic carbocycles. The van der Waals surface area contributed by atoms with Crippen LogP contribution in [0.25, 0.3) is 11.1 Å². The molecule has 5 nitrogen and oxygen atoms in total. The van der Waals surface area contributed by atoms with Gasteiger partial charge in [-0.15, -0.1) is 24.0 Å². The molecule has 0 bridgehead atoms. The van der Waals surface area contributed by atoms with E-state index in [1.807, 2.05) is 56.6 Å². The molecular weight excluding hydrogens is 389 g/mol. The van der Waals surface area contributed by atoms with Crippen molar-refractivity contribution in [2.45, 2.75) is 20.4 Å². The monoisotopic (exact) mass is 411 g/mol. The van der Waals surface area contributed by atoms with E-state index in [1.54, 1.807) is 0 Å². The third-order valence-corrected chi connectivity index (χ3v) is 2.88. The molecule has 0 amide bonds. The van der Waals surface area contributed by atoms with Gasteiger partial charge in [-0.05, 0) is 19.4 Å². The van der Waals surface area contributed by atoms with Crippen LogP contribution in [0.4, 0.5) is 0 Å². The summed E-state index contributed by atoms with van der Waals surface area (Å²) in [5.41, 5.74) is 2.13. The minimum absolute atomic E-state index is 0. The standard InChI is InChI=1S/C16H21N5.HI/c1-3-17-16(18-4-2)21-12-15-19-10-14(11-20-15)13-8-6-5-7-9-13;/h5-11H,3-4,12H2,1-2H3,(H2,17,18,21);1H. The molecule has 0 aliphatic rings. The summed E-state index contributed by atoms with van der Waals surface area (Å²) in [6, 6.07) is 10.1. The van der Waals surface area contributed by atoms with E-state index in [1.165, 1.54) is 0 Å². The molecule has 6 heteroatoms. The molecule has 0 spiro atoms. The number of hydrogen-bond acceptors (Lipinski definition) is 3. The second-order valence-corrected chi connectivity index (χ2v) is 4.48. The normalized spacial score (nSPS) is 9.55. The van der Waals surface area contributed by atoms with Crippen molar-refractivity contribution >= 4 is 29.9 Å². The lowest BCUT2D eigenvalue weighted by molar-refractivity contribution is 0.822. The zero-order valence-corrected chi connectivity index (χ0v) is 15.2. The lowest BCUT2D eigenvalue weighted by atomic mass is 10.1. The number of hydrogen-bond donors (Lipinski definition) is 2. The molecule has 0 aliphatic heterocycles. The van der Waals surface area contributed by atoms with Crippen LogP contribution in [-0.4, -0.2) is 29.0 Å². The first-order chi connectivity index (χ1) is 10.3. The SMILES string of the molecule is CCNC(=NCc1ncc(-c2ccccc2)cn1)NCC.I. The van der Waals surface area contributed by atoms with Crippen molar-refractivity contribution in [3.63, 3.8) is 0 Å². The van der Waals surface area contributed by atoms with Crippen molar-refractivity contribution in [1.82, 2.24) is 20.6 Å². The summed E-state index contributed by atoms with van der Waals surface area (Å²) < 4.78 is 0. The minimum atomic E-state index is 0. The molecular formula is C16H22IN5. The molecule has 0 atom stereocenters. The predicted molar refractivity (Wildman–Crippen MR) is 101 cm³/mol. The second-order valence-electron chi connectivity index (χ2n) is 4.48. The van der Waals surface area contributed by atoms with Gasteiger partial charge in [-0.25, -0.2) is 15.0 Å². The number of halogens is 1. The molecule has 0 unspecified atom stereocenters. The minimum Gasteiger partial charge on any atom is -0.357 e. The number of nitrogens with one attached hydrogen (secondary N) is 2. The fourth-order valence-corrected chi connectivity index (χ4v) is 1.88. The lowest BCUT2D eigenvalue weighted by Crippen LogP contribution is -2.37. The van der Waals surface area contributed by atoms with E-state index in [0.29, 0.717) is 12.4 Å². The van der Waals surface area contributed by atoms with Crippen LogP contribution in [0.1, 0.15) is 19.7 Å². The van der Waals surface area contributed by atoms with Gasteiger partial charge >= 0.3 is 0 Å². The van der Waals surface area contributed by atoms with Crippen LogP contribution in [0.2, 0.25) is 0 Å². The van der Waals surface area contributed by atoms with Gasteiger partial charge in [0.15, 0.2) is 5.96 Å². The molecule has 0 radical (unpaired) electrons. The van der Waals surface area contributed by atoms with Gasteiger partial charge in [-0.1, -0.05) is 30.3 Å². The average Bonchev–Trinajstić information content (AvgIpc) is 2.54. The van der Waals surface area contributed by atoms with Crippen molar-refractivity contribution in [3.05, 3.63) is 48.5 Å². The molecule has 0 saturated carbocycles. The Morgan fingerprint density at radius 1 is 0.955 bits per heavy atom. The highest BCUT2D eigenvalue weighted by molar-refractivity contribution is 14.0. The molecule has 1 aromatic carbocycles. The number of guanidine groups is 1. The van der Waals surface area contributed by atoms with Crippen LogP contribution in [0.3, 0.4) is 0 Å². The Hall–Kier alpha value is -1.70. The van der Waals surface area contributed by atoms with Crippen LogP contribution in [0, 0.1) is 0 Å². The van der Waals surface area contributed by atoms with E-state index in [-0.39, 0.29) is 24.0 Å². The topological polar surface area (TPSA) is 62.2 Å². The fraction of sp³-hybridized carbons (Fsp3) is 0.312. The first-order valence-corrected chi connectivity index (χ1v) is 7.22. The Kier molecular flexibility index (Phi) is 8.42. The third-order valence-electron chi connectivity index (χ3n) is 2.88. The summed E-state index contributed by atoms with van der Waals surface area (Å²) in [5, 5.41) is 6.35. The Morgan fingerprint density at radius 3 is 2.09 bits per heavy atom. The van der Waals surface area contributed by atoms with E-state index in [4.69, 9.17) is 0 Å². The molecule has 118 valence electrons. The second kappa shape index (κ2) is 10.1. The van der Waals surface area contributed by atoms with Gasteiger partial charge < -0.3 is 10.6 Å². The molecule has 2 rings (SSSR count). The maximum Gasteiger partial charge on any atom is 0.191 e. The lowest BCUT2D eigenvalue weighted by Gasteiger charge is -2.08. The highest BCUT2D eigenvalue weighted by Gasteiger charge is 2.00.